The zero-order chi connectivity index (χ0) is 9.90. The number of carbonyl (C=O) groups is 1. The number of hydrogen-bond donors (Lipinski definition) is 0. The summed E-state index contributed by atoms with van der Waals surface area (Å²) >= 11 is 0. The summed E-state index contributed by atoms with van der Waals surface area (Å²) < 4.78 is 5.73. The smallest absolute Gasteiger partial charge is 0.151 e. The average Bonchev–Trinajstić information content (AvgIpc) is 2.03. The Morgan fingerprint density at radius 3 is 2.69 bits per heavy atom. The molecule has 0 heterocycles. The van der Waals surface area contributed by atoms with Crippen LogP contribution in [-0.2, 0) is 9.53 Å². The molecule has 0 bridgehead atoms. The highest BCUT2D eigenvalue weighted by atomic mass is 16.5. The Bertz CT molecular complexity index is 173. The van der Waals surface area contributed by atoms with E-state index in [0.717, 1.165) is 25.5 Å². The van der Waals surface area contributed by atoms with Crippen LogP contribution in [0.4, 0.5) is 0 Å². The molecular formula is C11H20O2. The summed E-state index contributed by atoms with van der Waals surface area (Å²) in [4.78, 5) is 11.0. The first kappa shape index (κ1) is 10.7. The first-order chi connectivity index (χ1) is 6.08. The van der Waals surface area contributed by atoms with Crippen LogP contribution >= 0.6 is 0 Å². The molecule has 2 heteroatoms. The molecule has 1 rings (SSSR count). The molecule has 0 aromatic heterocycles. The fraction of sp³-hybridized carbons (Fsp3) is 0.909. The number of ether oxygens (including phenoxy) is 1. The molecule has 0 spiro atoms. The summed E-state index contributed by atoms with van der Waals surface area (Å²) in [7, 11) is 0. The lowest BCUT2D eigenvalue weighted by atomic mass is 9.79. The van der Waals surface area contributed by atoms with Crippen LogP contribution in [0.25, 0.3) is 0 Å². The minimum Gasteiger partial charge on any atom is -0.365 e. The molecule has 13 heavy (non-hydrogen) atoms. The van der Waals surface area contributed by atoms with Crippen molar-refractivity contribution in [2.24, 2.45) is 5.92 Å². The fourth-order valence-corrected chi connectivity index (χ4v) is 2.25. The van der Waals surface area contributed by atoms with Gasteiger partial charge in [0, 0.05) is 0 Å². The lowest BCUT2D eigenvalue weighted by molar-refractivity contribution is -0.146. The van der Waals surface area contributed by atoms with Crippen LogP contribution in [0.5, 0.6) is 0 Å². The highest BCUT2D eigenvalue weighted by molar-refractivity contribution is 5.62. The van der Waals surface area contributed by atoms with Crippen molar-refractivity contribution in [3.05, 3.63) is 0 Å². The first-order valence-corrected chi connectivity index (χ1v) is 5.22. The van der Waals surface area contributed by atoms with Gasteiger partial charge in [0.1, 0.15) is 5.60 Å². The third-order valence-corrected chi connectivity index (χ3v) is 2.68. The van der Waals surface area contributed by atoms with Crippen molar-refractivity contribution >= 4 is 6.29 Å². The number of hydrogen-bond acceptors (Lipinski definition) is 2. The second kappa shape index (κ2) is 4.23. The summed E-state index contributed by atoms with van der Waals surface area (Å²) in [6, 6.07) is 0. The van der Waals surface area contributed by atoms with Gasteiger partial charge in [-0.1, -0.05) is 13.3 Å². The van der Waals surface area contributed by atoms with E-state index in [0.29, 0.717) is 5.92 Å². The molecule has 1 fully saturated rings. The van der Waals surface area contributed by atoms with Gasteiger partial charge in [0.15, 0.2) is 6.29 Å². The van der Waals surface area contributed by atoms with Crippen LogP contribution in [0, 0.1) is 5.92 Å². The van der Waals surface area contributed by atoms with E-state index in [9.17, 15) is 4.79 Å². The van der Waals surface area contributed by atoms with Crippen LogP contribution < -0.4 is 0 Å². The third-order valence-electron chi connectivity index (χ3n) is 2.68. The summed E-state index contributed by atoms with van der Waals surface area (Å²) in [6.45, 7) is 6.18. The second-order valence-electron chi connectivity index (χ2n) is 4.55. The van der Waals surface area contributed by atoms with Crippen LogP contribution in [0.1, 0.15) is 46.5 Å². The molecule has 0 N–H and O–H groups in total. The Kier molecular flexibility index (Phi) is 3.48. The van der Waals surface area contributed by atoms with E-state index in [1.807, 2.05) is 13.8 Å². The van der Waals surface area contributed by atoms with Crippen LogP contribution in [0.2, 0.25) is 0 Å². The lowest BCUT2D eigenvalue weighted by Crippen LogP contribution is -2.41. The maximum Gasteiger partial charge on any atom is 0.151 e. The Balaban J connectivity index is 2.61. The van der Waals surface area contributed by atoms with Crippen molar-refractivity contribution in [3.8, 4) is 0 Å². The largest absolute Gasteiger partial charge is 0.365 e. The van der Waals surface area contributed by atoms with E-state index in [4.69, 9.17) is 4.74 Å². The minimum absolute atomic E-state index is 0.149. The van der Waals surface area contributed by atoms with Crippen LogP contribution in [0.3, 0.4) is 0 Å². The zero-order valence-electron chi connectivity index (χ0n) is 8.88. The Labute approximate surface area is 80.7 Å². The van der Waals surface area contributed by atoms with E-state index >= 15 is 0 Å². The van der Waals surface area contributed by atoms with Gasteiger partial charge in [-0.25, -0.2) is 0 Å². The van der Waals surface area contributed by atoms with Crippen LogP contribution in [0.15, 0.2) is 0 Å². The van der Waals surface area contributed by atoms with Crippen LogP contribution in [-0.4, -0.2) is 18.0 Å². The molecule has 0 aromatic carbocycles. The number of rotatable bonds is 3. The van der Waals surface area contributed by atoms with Gasteiger partial charge in [-0.3, -0.25) is 0 Å². The highest BCUT2D eigenvalue weighted by Crippen LogP contribution is 2.34. The normalized spacial score (nSPS) is 34.9. The molecule has 0 aromatic rings. The topological polar surface area (TPSA) is 26.3 Å². The summed E-state index contributed by atoms with van der Waals surface area (Å²) in [5.41, 5.74) is -0.466. The summed E-state index contributed by atoms with van der Waals surface area (Å²) in [5, 5.41) is 0. The minimum atomic E-state index is -0.466. The fourth-order valence-electron chi connectivity index (χ4n) is 2.25. The molecular weight excluding hydrogens is 164 g/mol. The van der Waals surface area contributed by atoms with Gasteiger partial charge in [0.05, 0.1) is 6.10 Å². The predicted octanol–water partition coefficient (Wildman–Crippen LogP) is 2.56. The maximum absolute atomic E-state index is 11.0. The molecule has 2 unspecified atom stereocenters. The predicted molar refractivity (Wildman–Crippen MR) is 52.6 cm³/mol. The molecule has 0 amide bonds. The summed E-state index contributed by atoms with van der Waals surface area (Å²) in [6.07, 6.45) is 5.32. The molecule has 0 radical (unpaired) electrons. The Hall–Kier alpha value is -0.370. The average molecular weight is 184 g/mol. The monoisotopic (exact) mass is 184 g/mol. The van der Waals surface area contributed by atoms with Crippen molar-refractivity contribution in [2.75, 3.05) is 0 Å². The molecule has 1 aliphatic rings. The van der Waals surface area contributed by atoms with E-state index < -0.39 is 5.60 Å². The quantitative estimate of drug-likeness (QED) is 0.630. The van der Waals surface area contributed by atoms with Gasteiger partial charge in [0.25, 0.3) is 0 Å². The molecule has 0 aliphatic heterocycles. The summed E-state index contributed by atoms with van der Waals surface area (Å²) in [5.74, 6) is 0.623. The van der Waals surface area contributed by atoms with Crippen molar-refractivity contribution in [1.29, 1.82) is 0 Å². The molecule has 0 saturated heterocycles. The Morgan fingerprint density at radius 2 is 2.23 bits per heavy atom. The first-order valence-electron chi connectivity index (χ1n) is 5.22. The standard InChI is InChI=1S/C11H20O2/c1-9(2)13-11(8-12)6-4-5-10(3)7-11/h8-10H,4-7H2,1-3H3. The van der Waals surface area contributed by atoms with Gasteiger partial charge in [-0.05, 0) is 39.0 Å². The number of aldehydes is 1. The molecule has 2 nitrogen and oxygen atoms in total. The third kappa shape index (κ3) is 2.80. The second-order valence-corrected chi connectivity index (χ2v) is 4.55. The SMILES string of the molecule is CC1CCCC(C=O)(OC(C)C)C1. The van der Waals surface area contributed by atoms with Gasteiger partial charge >= 0.3 is 0 Å². The van der Waals surface area contributed by atoms with Gasteiger partial charge in [-0.2, -0.15) is 0 Å². The molecule has 1 aliphatic carbocycles. The Morgan fingerprint density at radius 1 is 1.54 bits per heavy atom. The van der Waals surface area contributed by atoms with Gasteiger partial charge in [0.2, 0.25) is 0 Å². The lowest BCUT2D eigenvalue weighted by Gasteiger charge is -2.36. The molecule has 2 atom stereocenters. The van der Waals surface area contributed by atoms with Crippen molar-refractivity contribution in [1.82, 2.24) is 0 Å². The van der Waals surface area contributed by atoms with E-state index in [1.54, 1.807) is 0 Å². The van der Waals surface area contributed by atoms with Gasteiger partial charge < -0.3 is 9.53 Å². The number of carbonyl (C=O) groups excluding carboxylic acids is 1. The highest BCUT2D eigenvalue weighted by Gasteiger charge is 2.36. The van der Waals surface area contributed by atoms with Crippen molar-refractivity contribution in [2.45, 2.75) is 58.2 Å². The maximum atomic E-state index is 11.0. The van der Waals surface area contributed by atoms with E-state index in [2.05, 4.69) is 6.92 Å². The van der Waals surface area contributed by atoms with Crippen molar-refractivity contribution < 1.29 is 9.53 Å². The van der Waals surface area contributed by atoms with Crippen molar-refractivity contribution in [3.63, 3.8) is 0 Å². The van der Waals surface area contributed by atoms with E-state index in [1.165, 1.54) is 6.42 Å². The van der Waals surface area contributed by atoms with E-state index in [-0.39, 0.29) is 6.10 Å². The van der Waals surface area contributed by atoms with Gasteiger partial charge in [-0.15, -0.1) is 0 Å². The molecule has 1 saturated carbocycles. The molecule has 76 valence electrons. The zero-order valence-corrected chi connectivity index (χ0v) is 8.88.